The third-order valence-electron chi connectivity index (χ3n) is 2.51. The maximum atomic E-state index is 12.9. The van der Waals surface area contributed by atoms with Crippen molar-refractivity contribution in [3.8, 4) is 0 Å². The van der Waals surface area contributed by atoms with Crippen LogP contribution < -0.4 is 5.32 Å². The quantitative estimate of drug-likeness (QED) is 0.801. The summed E-state index contributed by atoms with van der Waals surface area (Å²) in [5, 5.41) is 11.3. The Morgan fingerprint density at radius 2 is 2.05 bits per heavy atom. The molecule has 4 nitrogen and oxygen atoms in total. The third kappa shape index (κ3) is 4.91. The molecule has 1 amide bonds. The minimum absolute atomic E-state index is 0.219. The van der Waals surface area contributed by atoms with Crippen LogP contribution in [0.3, 0.4) is 0 Å². The first kappa shape index (κ1) is 14.9. The van der Waals surface area contributed by atoms with Gasteiger partial charge in [-0.1, -0.05) is 26.0 Å². The van der Waals surface area contributed by atoms with Gasteiger partial charge in [-0.3, -0.25) is 4.79 Å². The van der Waals surface area contributed by atoms with Crippen molar-refractivity contribution in [2.24, 2.45) is 5.92 Å². The van der Waals surface area contributed by atoms with E-state index in [-0.39, 0.29) is 5.92 Å². The highest BCUT2D eigenvalue weighted by atomic mass is 19.1. The molecule has 0 spiro atoms. The summed E-state index contributed by atoms with van der Waals surface area (Å²) in [6, 6.07) is 4.81. The number of hydrogen-bond donors (Lipinski definition) is 2. The van der Waals surface area contributed by atoms with Gasteiger partial charge in [0.1, 0.15) is 11.9 Å². The summed E-state index contributed by atoms with van der Waals surface area (Å²) < 4.78 is 12.9. The number of nitrogens with one attached hydrogen (secondary N) is 1. The number of aliphatic carboxylic acids is 1. The van der Waals surface area contributed by atoms with Crippen LogP contribution in [0.15, 0.2) is 30.3 Å². The molecular weight excluding hydrogens is 249 g/mol. The van der Waals surface area contributed by atoms with E-state index in [2.05, 4.69) is 5.32 Å². The van der Waals surface area contributed by atoms with Gasteiger partial charge in [-0.2, -0.15) is 0 Å². The van der Waals surface area contributed by atoms with E-state index in [1.807, 2.05) is 0 Å². The molecule has 0 radical (unpaired) electrons. The highest BCUT2D eigenvalue weighted by Crippen LogP contribution is 2.06. The van der Waals surface area contributed by atoms with E-state index >= 15 is 0 Å². The van der Waals surface area contributed by atoms with Crippen LogP contribution in [0.5, 0.6) is 0 Å². The molecule has 0 heterocycles. The van der Waals surface area contributed by atoms with E-state index in [1.165, 1.54) is 30.4 Å². The molecule has 0 unspecified atom stereocenters. The minimum atomic E-state index is -1.08. The summed E-state index contributed by atoms with van der Waals surface area (Å²) in [6.07, 6.45) is 2.62. The molecule has 0 bridgehead atoms. The molecule has 1 aromatic rings. The largest absolute Gasteiger partial charge is 0.480 e. The van der Waals surface area contributed by atoms with E-state index in [9.17, 15) is 14.0 Å². The second kappa shape index (κ2) is 6.68. The molecule has 0 aliphatic rings. The molecule has 0 aliphatic heterocycles. The fraction of sp³-hybridized carbons (Fsp3) is 0.286. The lowest BCUT2D eigenvalue weighted by Gasteiger charge is -2.16. The number of carbonyl (C=O) groups is 2. The van der Waals surface area contributed by atoms with Gasteiger partial charge in [-0.15, -0.1) is 0 Å². The van der Waals surface area contributed by atoms with Crippen LogP contribution >= 0.6 is 0 Å². The first-order valence-corrected chi connectivity index (χ1v) is 5.87. The van der Waals surface area contributed by atoms with Crippen molar-refractivity contribution < 1.29 is 19.1 Å². The Hall–Kier alpha value is -2.17. The lowest BCUT2D eigenvalue weighted by molar-refractivity contribution is -0.142. The zero-order chi connectivity index (χ0) is 14.4. The van der Waals surface area contributed by atoms with E-state index in [0.717, 1.165) is 0 Å². The summed E-state index contributed by atoms with van der Waals surface area (Å²) in [7, 11) is 0. The summed E-state index contributed by atoms with van der Waals surface area (Å²) in [4.78, 5) is 22.5. The van der Waals surface area contributed by atoms with Crippen molar-refractivity contribution in [2.45, 2.75) is 19.9 Å². The van der Waals surface area contributed by atoms with Gasteiger partial charge >= 0.3 is 5.97 Å². The highest BCUT2D eigenvalue weighted by molar-refractivity contribution is 5.94. The van der Waals surface area contributed by atoms with Crippen molar-refractivity contribution in [3.05, 3.63) is 41.7 Å². The Morgan fingerprint density at radius 1 is 1.37 bits per heavy atom. The van der Waals surface area contributed by atoms with Crippen molar-refractivity contribution in [2.75, 3.05) is 0 Å². The molecule has 2 N–H and O–H groups in total. The van der Waals surface area contributed by atoms with Gasteiger partial charge in [0.25, 0.3) is 0 Å². The molecule has 0 saturated carbocycles. The molecule has 1 rings (SSSR count). The van der Waals surface area contributed by atoms with Crippen molar-refractivity contribution in [1.82, 2.24) is 5.32 Å². The standard InChI is InChI=1S/C14H16FNO3/c1-9(2)13(14(18)19)16-12(17)7-6-10-4-3-5-11(15)8-10/h3-9,13H,1-2H3,(H,16,17)(H,18,19)/t13-/m1/s1. The second-order valence-corrected chi connectivity index (χ2v) is 4.46. The number of hydrogen-bond acceptors (Lipinski definition) is 2. The SMILES string of the molecule is CC(C)[C@@H](NC(=O)C=Cc1cccc(F)c1)C(=O)O. The van der Waals surface area contributed by atoms with Gasteiger partial charge in [0, 0.05) is 6.08 Å². The van der Waals surface area contributed by atoms with Gasteiger partial charge in [0.15, 0.2) is 0 Å². The lowest BCUT2D eigenvalue weighted by Crippen LogP contribution is -2.43. The zero-order valence-electron chi connectivity index (χ0n) is 10.8. The van der Waals surface area contributed by atoms with Gasteiger partial charge < -0.3 is 10.4 Å². The van der Waals surface area contributed by atoms with Gasteiger partial charge in [0.2, 0.25) is 5.91 Å². The molecule has 0 saturated heterocycles. The van der Waals surface area contributed by atoms with E-state index in [1.54, 1.807) is 19.9 Å². The fourth-order valence-electron chi connectivity index (χ4n) is 1.50. The molecule has 0 aliphatic carbocycles. The highest BCUT2D eigenvalue weighted by Gasteiger charge is 2.22. The van der Waals surface area contributed by atoms with Crippen LogP contribution in [-0.2, 0) is 9.59 Å². The predicted molar refractivity (Wildman–Crippen MR) is 69.8 cm³/mol. The Balaban J connectivity index is 2.67. The zero-order valence-corrected chi connectivity index (χ0v) is 10.8. The summed E-state index contributed by atoms with van der Waals surface area (Å²) in [6.45, 7) is 3.41. The number of benzene rings is 1. The first-order valence-electron chi connectivity index (χ1n) is 5.87. The number of rotatable bonds is 5. The summed E-state index contributed by atoms with van der Waals surface area (Å²) >= 11 is 0. The molecule has 102 valence electrons. The molecule has 1 aromatic carbocycles. The van der Waals surface area contributed by atoms with Gasteiger partial charge in [-0.05, 0) is 29.7 Å². The first-order chi connectivity index (χ1) is 8.90. The Bertz CT molecular complexity index is 497. The summed E-state index contributed by atoms with van der Waals surface area (Å²) in [5.74, 6) is -2.22. The number of amides is 1. The third-order valence-corrected chi connectivity index (χ3v) is 2.51. The predicted octanol–water partition coefficient (Wildman–Crippen LogP) is 2.06. The van der Waals surface area contributed by atoms with Crippen LogP contribution in [0.1, 0.15) is 19.4 Å². The Labute approximate surface area is 110 Å². The van der Waals surface area contributed by atoms with Crippen LogP contribution in [0, 0.1) is 11.7 Å². The number of carboxylic acid groups (broad SMARTS) is 1. The van der Waals surface area contributed by atoms with Crippen molar-refractivity contribution >= 4 is 18.0 Å². The number of carboxylic acids is 1. The molecule has 1 atom stereocenters. The Kier molecular flexibility index (Phi) is 5.23. The van der Waals surface area contributed by atoms with Crippen molar-refractivity contribution in [3.63, 3.8) is 0 Å². The van der Waals surface area contributed by atoms with Crippen LogP contribution in [-0.4, -0.2) is 23.0 Å². The fourth-order valence-corrected chi connectivity index (χ4v) is 1.50. The molecular formula is C14H16FNO3. The van der Waals surface area contributed by atoms with E-state index in [4.69, 9.17) is 5.11 Å². The van der Waals surface area contributed by atoms with E-state index in [0.29, 0.717) is 5.56 Å². The van der Waals surface area contributed by atoms with Crippen LogP contribution in [0.25, 0.3) is 6.08 Å². The van der Waals surface area contributed by atoms with Crippen LogP contribution in [0.4, 0.5) is 4.39 Å². The average molecular weight is 265 g/mol. The summed E-state index contributed by atoms with van der Waals surface area (Å²) in [5.41, 5.74) is 0.534. The van der Waals surface area contributed by atoms with Crippen LogP contribution in [0.2, 0.25) is 0 Å². The smallest absolute Gasteiger partial charge is 0.326 e. The number of halogens is 1. The normalized spacial score (nSPS) is 12.6. The van der Waals surface area contributed by atoms with E-state index < -0.39 is 23.7 Å². The second-order valence-electron chi connectivity index (χ2n) is 4.46. The number of carbonyl (C=O) groups excluding carboxylic acids is 1. The van der Waals surface area contributed by atoms with Gasteiger partial charge in [0.05, 0.1) is 0 Å². The topological polar surface area (TPSA) is 66.4 Å². The average Bonchev–Trinajstić information content (AvgIpc) is 2.32. The van der Waals surface area contributed by atoms with Crippen molar-refractivity contribution in [1.29, 1.82) is 0 Å². The van der Waals surface area contributed by atoms with Gasteiger partial charge in [-0.25, -0.2) is 9.18 Å². The molecule has 5 heteroatoms. The molecule has 0 fully saturated rings. The maximum Gasteiger partial charge on any atom is 0.326 e. The molecule has 19 heavy (non-hydrogen) atoms. The maximum absolute atomic E-state index is 12.9. The molecule has 0 aromatic heterocycles. The minimum Gasteiger partial charge on any atom is -0.480 e. The Morgan fingerprint density at radius 3 is 2.58 bits per heavy atom. The lowest BCUT2D eigenvalue weighted by atomic mass is 10.0. The monoisotopic (exact) mass is 265 g/mol.